The fourth-order valence-electron chi connectivity index (χ4n) is 2.15. The number of ketones is 1. The van der Waals surface area contributed by atoms with Crippen LogP contribution in [0.1, 0.15) is 39.0 Å². The molecule has 1 rings (SSSR count). The van der Waals surface area contributed by atoms with E-state index in [0.29, 0.717) is 38.2 Å². The van der Waals surface area contributed by atoms with Crippen LogP contribution in [0.2, 0.25) is 0 Å². The number of esters is 1. The first-order valence-corrected chi connectivity index (χ1v) is 5.97. The molecule has 0 aromatic carbocycles. The Kier molecular flexibility index (Phi) is 4.58. The summed E-state index contributed by atoms with van der Waals surface area (Å²) in [6.45, 7) is 2.08. The maximum absolute atomic E-state index is 11.8. The lowest BCUT2D eigenvalue weighted by atomic mass is 9.81. The topological polar surface area (TPSA) is 43.4 Å². The van der Waals surface area contributed by atoms with Gasteiger partial charge >= 0.3 is 5.97 Å². The molecule has 15 heavy (non-hydrogen) atoms. The van der Waals surface area contributed by atoms with Crippen LogP contribution < -0.4 is 0 Å². The number of hydrogen-bond donors (Lipinski definition) is 0. The molecule has 0 aromatic rings. The van der Waals surface area contributed by atoms with E-state index in [1.807, 2.05) is 0 Å². The molecule has 0 heterocycles. The highest BCUT2D eigenvalue weighted by molar-refractivity contribution is 6.17. The summed E-state index contributed by atoms with van der Waals surface area (Å²) in [6, 6.07) is 0. The molecule has 1 aliphatic rings. The quantitative estimate of drug-likeness (QED) is 0.415. The van der Waals surface area contributed by atoms with Gasteiger partial charge in [-0.3, -0.25) is 9.59 Å². The number of Topliss-reactive ketones (excluding diaryl/α,β-unsaturated/α-hetero) is 1. The van der Waals surface area contributed by atoms with E-state index in [4.69, 9.17) is 16.3 Å². The Hall–Kier alpha value is -0.570. The van der Waals surface area contributed by atoms with Gasteiger partial charge in [-0.05, 0) is 32.6 Å². The normalized spacial score (nSPS) is 25.6. The summed E-state index contributed by atoms with van der Waals surface area (Å²) < 4.78 is 4.99. The lowest BCUT2D eigenvalue weighted by Crippen LogP contribution is -2.37. The third-order valence-electron chi connectivity index (χ3n) is 2.94. The van der Waals surface area contributed by atoms with Crippen LogP contribution in [-0.2, 0) is 14.3 Å². The third kappa shape index (κ3) is 2.51. The smallest absolute Gasteiger partial charge is 0.319 e. The summed E-state index contributed by atoms with van der Waals surface area (Å²) in [5.74, 6) is 0.165. The predicted molar refractivity (Wildman–Crippen MR) is 57.9 cm³/mol. The highest BCUT2D eigenvalue weighted by atomic mass is 35.5. The summed E-state index contributed by atoms with van der Waals surface area (Å²) in [6.07, 6.45) is 3.14. The average Bonchev–Trinajstić information content (AvgIpc) is 2.58. The summed E-state index contributed by atoms with van der Waals surface area (Å²) in [5.41, 5.74) is -0.870. The van der Waals surface area contributed by atoms with Crippen molar-refractivity contribution < 1.29 is 14.3 Å². The molecular weight excluding hydrogens is 216 g/mol. The lowest BCUT2D eigenvalue weighted by molar-refractivity contribution is -0.159. The van der Waals surface area contributed by atoms with Gasteiger partial charge in [0, 0.05) is 12.3 Å². The van der Waals surface area contributed by atoms with Crippen LogP contribution in [0.3, 0.4) is 0 Å². The monoisotopic (exact) mass is 232 g/mol. The van der Waals surface area contributed by atoms with Crippen molar-refractivity contribution in [1.82, 2.24) is 0 Å². The zero-order chi connectivity index (χ0) is 11.3. The van der Waals surface area contributed by atoms with Gasteiger partial charge in [-0.25, -0.2) is 0 Å². The Bertz CT molecular complexity index is 252. The molecule has 1 unspecified atom stereocenters. The summed E-state index contributed by atoms with van der Waals surface area (Å²) in [7, 11) is 0. The number of carbonyl (C=O) groups excluding carboxylic acids is 2. The van der Waals surface area contributed by atoms with Crippen molar-refractivity contribution >= 4 is 23.4 Å². The van der Waals surface area contributed by atoms with Crippen LogP contribution in [0.25, 0.3) is 0 Å². The predicted octanol–water partition coefficient (Wildman–Crippen LogP) is 2.31. The lowest BCUT2D eigenvalue weighted by Gasteiger charge is -2.24. The Morgan fingerprint density at radius 3 is 2.80 bits per heavy atom. The molecule has 0 bridgehead atoms. The minimum Gasteiger partial charge on any atom is -0.465 e. The molecule has 0 aliphatic heterocycles. The largest absolute Gasteiger partial charge is 0.465 e. The van der Waals surface area contributed by atoms with E-state index in [1.54, 1.807) is 6.92 Å². The van der Waals surface area contributed by atoms with Crippen LogP contribution in [0.15, 0.2) is 0 Å². The van der Waals surface area contributed by atoms with Crippen LogP contribution in [0.4, 0.5) is 0 Å². The summed E-state index contributed by atoms with van der Waals surface area (Å²) >= 11 is 5.61. The number of hydrogen-bond acceptors (Lipinski definition) is 3. The zero-order valence-corrected chi connectivity index (χ0v) is 9.81. The van der Waals surface area contributed by atoms with Crippen LogP contribution >= 0.6 is 11.6 Å². The molecule has 4 heteroatoms. The molecule has 1 atom stereocenters. The van der Waals surface area contributed by atoms with E-state index in [9.17, 15) is 9.59 Å². The van der Waals surface area contributed by atoms with Crippen molar-refractivity contribution in [2.75, 3.05) is 12.5 Å². The van der Waals surface area contributed by atoms with E-state index in [-0.39, 0.29) is 11.8 Å². The Labute approximate surface area is 95.1 Å². The van der Waals surface area contributed by atoms with E-state index < -0.39 is 5.41 Å². The first-order chi connectivity index (χ1) is 7.17. The Balaban J connectivity index is 2.76. The van der Waals surface area contributed by atoms with E-state index in [0.717, 1.165) is 6.42 Å². The molecule has 0 radical (unpaired) electrons. The fourth-order valence-corrected chi connectivity index (χ4v) is 2.28. The summed E-state index contributed by atoms with van der Waals surface area (Å²) in [4.78, 5) is 23.6. The maximum atomic E-state index is 11.8. The molecular formula is C11H17ClO3. The van der Waals surface area contributed by atoms with Crippen LogP contribution in [0.5, 0.6) is 0 Å². The average molecular weight is 233 g/mol. The van der Waals surface area contributed by atoms with Crippen molar-refractivity contribution in [2.24, 2.45) is 5.41 Å². The van der Waals surface area contributed by atoms with Gasteiger partial charge in [-0.15, -0.1) is 11.6 Å². The van der Waals surface area contributed by atoms with Gasteiger partial charge in [-0.1, -0.05) is 0 Å². The van der Waals surface area contributed by atoms with Crippen molar-refractivity contribution in [1.29, 1.82) is 0 Å². The standard InChI is InChI=1S/C11H17ClO3/c1-2-15-10(14)11(7-4-8-12)6-3-5-9(11)13/h2-8H2,1H3. The van der Waals surface area contributed by atoms with E-state index >= 15 is 0 Å². The highest BCUT2D eigenvalue weighted by Gasteiger charge is 2.48. The molecule has 1 saturated carbocycles. The second kappa shape index (κ2) is 5.50. The van der Waals surface area contributed by atoms with Gasteiger partial charge < -0.3 is 4.74 Å². The Morgan fingerprint density at radius 2 is 2.33 bits per heavy atom. The molecule has 1 aliphatic carbocycles. The van der Waals surface area contributed by atoms with Gasteiger partial charge in [0.15, 0.2) is 0 Å². The first kappa shape index (κ1) is 12.5. The number of rotatable bonds is 5. The molecule has 1 fully saturated rings. The van der Waals surface area contributed by atoms with Gasteiger partial charge in [0.1, 0.15) is 11.2 Å². The van der Waals surface area contributed by atoms with Gasteiger partial charge in [0.2, 0.25) is 0 Å². The van der Waals surface area contributed by atoms with Gasteiger partial charge in [0.25, 0.3) is 0 Å². The summed E-state index contributed by atoms with van der Waals surface area (Å²) in [5, 5.41) is 0. The van der Waals surface area contributed by atoms with Gasteiger partial charge in [-0.2, -0.15) is 0 Å². The van der Waals surface area contributed by atoms with E-state index in [2.05, 4.69) is 0 Å². The Morgan fingerprint density at radius 1 is 1.60 bits per heavy atom. The highest BCUT2D eigenvalue weighted by Crippen LogP contribution is 2.40. The number of alkyl halides is 1. The van der Waals surface area contributed by atoms with Crippen molar-refractivity contribution in [3.63, 3.8) is 0 Å². The second-order valence-corrected chi connectivity index (χ2v) is 4.25. The molecule has 86 valence electrons. The molecule has 0 spiro atoms. The number of ether oxygens (including phenoxy) is 1. The molecule has 0 aromatic heterocycles. The minimum absolute atomic E-state index is 0.0334. The molecule has 0 saturated heterocycles. The zero-order valence-electron chi connectivity index (χ0n) is 9.05. The second-order valence-electron chi connectivity index (χ2n) is 3.87. The van der Waals surface area contributed by atoms with Crippen molar-refractivity contribution in [3.8, 4) is 0 Å². The van der Waals surface area contributed by atoms with Crippen molar-refractivity contribution in [3.05, 3.63) is 0 Å². The van der Waals surface area contributed by atoms with Crippen molar-refractivity contribution in [2.45, 2.75) is 39.0 Å². The third-order valence-corrected chi connectivity index (χ3v) is 3.21. The number of carbonyl (C=O) groups is 2. The molecule has 0 N–H and O–H groups in total. The fraction of sp³-hybridized carbons (Fsp3) is 0.818. The number of halogens is 1. The van der Waals surface area contributed by atoms with Crippen LogP contribution in [0, 0.1) is 5.41 Å². The van der Waals surface area contributed by atoms with E-state index in [1.165, 1.54) is 0 Å². The minimum atomic E-state index is -0.870. The molecule has 3 nitrogen and oxygen atoms in total. The SMILES string of the molecule is CCOC(=O)C1(CCCCl)CCCC1=O. The first-order valence-electron chi connectivity index (χ1n) is 5.44. The van der Waals surface area contributed by atoms with Crippen LogP contribution in [-0.4, -0.2) is 24.2 Å². The molecule has 0 amide bonds. The van der Waals surface area contributed by atoms with Gasteiger partial charge in [0.05, 0.1) is 6.61 Å². The maximum Gasteiger partial charge on any atom is 0.319 e.